The van der Waals surface area contributed by atoms with Gasteiger partial charge in [-0.2, -0.15) is 0 Å². The van der Waals surface area contributed by atoms with Crippen molar-refractivity contribution in [3.63, 3.8) is 0 Å². The van der Waals surface area contributed by atoms with Gasteiger partial charge in [-0.3, -0.25) is 0 Å². The molecule has 0 fully saturated rings. The first kappa shape index (κ1) is 24.7. The third kappa shape index (κ3) is 7.79. The SMILES string of the molecule is C=CCc1ccccc1C(N)=[C-]c1ccccc1C.CC.CC.[W]. The Kier molecular flexibility index (Phi) is 15.4. The van der Waals surface area contributed by atoms with Crippen LogP contribution in [0, 0.1) is 13.0 Å². The van der Waals surface area contributed by atoms with Crippen LogP contribution < -0.4 is 5.73 Å². The van der Waals surface area contributed by atoms with Crippen molar-refractivity contribution in [2.24, 2.45) is 5.73 Å². The molecular weight excluding hydrogens is 462 g/mol. The maximum absolute atomic E-state index is 6.20. The van der Waals surface area contributed by atoms with Gasteiger partial charge in [-0.25, -0.2) is 0 Å². The molecule has 0 bridgehead atoms. The molecule has 2 rings (SSSR count). The van der Waals surface area contributed by atoms with Crippen LogP contribution in [0.1, 0.15) is 49.9 Å². The molecule has 2 aromatic rings. The van der Waals surface area contributed by atoms with Crippen LogP contribution in [0.5, 0.6) is 0 Å². The average molecular weight is 492 g/mol. The predicted molar refractivity (Wildman–Crippen MR) is 104 cm³/mol. The molecule has 0 radical (unpaired) electrons. The number of allylic oxidation sites excluding steroid dienone is 1. The zero-order chi connectivity index (χ0) is 17.7. The van der Waals surface area contributed by atoms with E-state index in [2.05, 4.69) is 31.7 Å². The number of benzene rings is 2. The molecule has 0 spiro atoms. The van der Waals surface area contributed by atoms with Crippen molar-refractivity contribution in [1.29, 1.82) is 0 Å². The fraction of sp³-hybridized carbons (Fsp3) is 0.273. The van der Waals surface area contributed by atoms with Crippen molar-refractivity contribution in [1.82, 2.24) is 0 Å². The average Bonchev–Trinajstić information content (AvgIpc) is 2.61. The molecule has 2 aromatic carbocycles. The van der Waals surface area contributed by atoms with Crippen LogP contribution in [0.2, 0.25) is 0 Å². The molecule has 2 N–H and O–H groups in total. The number of hydrogen-bond donors (Lipinski definition) is 1. The van der Waals surface area contributed by atoms with Gasteiger partial charge in [-0.05, 0) is 12.1 Å². The van der Waals surface area contributed by atoms with Crippen molar-refractivity contribution in [3.8, 4) is 0 Å². The largest absolute Gasteiger partial charge is 0.413 e. The summed E-state index contributed by atoms with van der Waals surface area (Å²) in [6.07, 6.45) is 5.99. The normalized spacial score (nSPS) is 9.46. The monoisotopic (exact) mass is 492 g/mol. The molecule has 0 saturated carbocycles. The van der Waals surface area contributed by atoms with Crippen LogP contribution >= 0.6 is 0 Å². The smallest absolute Gasteiger partial charge is 0 e. The molecule has 24 heavy (non-hydrogen) atoms. The van der Waals surface area contributed by atoms with Crippen LogP contribution in [-0.2, 0) is 27.5 Å². The maximum Gasteiger partial charge on any atom is 0 e. The van der Waals surface area contributed by atoms with Crippen molar-refractivity contribution >= 4 is 5.70 Å². The van der Waals surface area contributed by atoms with Gasteiger partial charge >= 0.3 is 0 Å². The quantitative estimate of drug-likeness (QED) is 0.320. The second-order valence-electron chi connectivity index (χ2n) is 4.50. The van der Waals surface area contributed by atoms with Gasteiger partial charge in [0.2, 0.25) is 0 Å². The van der Waals surface area contributed by atoms with E-state index < -0.39 is 0 Å². The summed E-state index contributed by atoms with van der Waals surface area (Å²) >= 11 is 0. The Bertz CT molecular complexity index is 615. The molecule has 0 saturated heterocycles. The molecule has 1 nitrogen and oxygen atoms in total. The Morgan fingerprint density at radius 3 is 2.12 bits per heavy atom. The minimum absolute atomic E-state index is 0. The number of hydrogen-bond acceptors (Lipinski definition) is 1. The van der Waals surface area contributed by atoms with Crippen LogP contribution in [-0.4, -0.2) is 0 Å². The van der Waals surface area contributed by atoms with Crippen molar-refractivity contribution in [2.75, 3.05) is 0 Å². The Hall–Kier alpha value is -1.59. The van der Waals surface area contributed by atoms with E-state index in [1.165, 1.54) is 11.1 Å². The Labute approximate surface area is 162 Å². The Morgan fingerprint density at radius 1 is 1.00 bits per heavy atom. The van der Waals surface area contributed by atoms with Gasteiger partial charge in [0.05, 0.1) is 0 Å². The molecule has 0 atom stereocenters. The second kappa shape index (κ2) is 15.0. The van der Waals surface area contributed by atoms with E-state index in [-0.39, 0.29) is 21.1 Å². The first-order chi connectivity index (χ1) is 11.2. The molecule has 0 unspecified atom stereocenters. The summed E-state index contributed by atoms with van der Waals surface area (Å²) in [6.45, 7) is 13.8. The van der Waals surface area contributed by atoms with Crippen molar-refractivity contribution in [2.45, 2.75) is 41.0 Å². The fourth-order valence-corrected chi connectivity index (χ4v) is 2.04. The van der Waals surface area contributed by atoms with Crippen LogP contribution in [0.4, 0.5) is 0 Å². The van der Waals surface area contributed by atoms with Crippen LogP contribution in [0.3, 0.4) is 0 Å². The molecule has 0 aliphatic heterocycles. The van der Waals surface area contributed by atoms with E-state index in [4.69, 9.17) is 5.73 Å². The molecule has 0 heterocycles. The van der Waals surface area contributed by atoms with Crippen molar-refractivity contribution in [3.05, 3.63) is 89.5 Å². The van der Waals surface area contributed by atoms with Gasteiger partial charge in [0.15, 0.2) is 0 Å². The summed E-state index contributed by atoms with van der Waals surface area (Å²) in [7, 11) is 0. The van der Waals surface area contributed by atoms with Gasteiger partial charge in [0.1, 0.15) is 0 Å². The van der Waals surface area contributed by atoms with Gasteiger partial charge in [0, 0.05) is 21.1 Å². The molecule has 2 heteroatoms. The standard InChI is InChI=1S/C18H18N.2C2H6.W/c1-3-8-15-10-6-7-12-17(15)18(19)13-16-11-5-4-9-14(16)2;2*1-2;/h3-7,9-12H,1,8,19H2,2H3;2*1-2H3;/q-1;;;. The summed E-state index contributed by atoms with van der Waals surface area (Å²) in [5.74, 6) is 0. The van der Waals surface area contributed by atoms with Gasteiger partial charge in [-0.15, -0.1) is 42.0 Å². The van der Waals surface area contributed by atoms with Gasteiger partial charge < -0.3 is 5.73 Å². The molecule has 0 aliphatic carbocycles. The summed E-state index contributed by atoms with van der Waals surface area (Å²) in [5, 5.41) is 0. The van der Waals surface area contributed by atoms with E-state index in [9.17, 15) is 0 Å². The molecular formula is C22H30NW-. The zero-order valence-electron chi connectivity index (χ0n) is 15.6. The van der Waals surface area contributed by atoms with Crippen LogP contribution in [0.25, 0.3) is 5.70 Å². The zero-order valence-corrected chi connectivity index (χ0v) is 18.5. The van der Waals surface area contributed by atoms with Gasteiger partial charge in [0.25, 0.3) is 0 Å². The number of rotatable bonds is 4. The maximum atomic E-state index is 6.20. The molecule has 0 aliphatic rings. The second-order valence-corrected chi connectivity index (χ2v) is 4.50. The first-order valence-electron chi connectivity index (χ1n) is 8.36. The summed E-state index contributed by atoms with van der Waals surface area (Å²) in [5.41, 5.74) is 11.3. The Balaban J connectivity index is 0. The van der Waals surface area contributed by atoms with E-state index in [0.29, 0.717) is 5.70 Å². The minimum atomic E-state index is 0. The Morgan fingerprint density at radius 2 is 1.54 bits per heavy atom. The third-order valence-corrected chi connectivity index (χ3v) is 3.09. The topological polar surface area (TPSA) is 26.0 Å². The molecule has 130 valence electrons. The van der Waals surface area contributed by atoms with Crippen LogP contribution in [0.15, 0.2) is 61.2 Å². The number of nitrogens with two attached hydrogens (primary N) is 1. The van der Waals surface area contributed by atoms with Crippen molar-refractivity contribution < 1.29 is 21.1 Å². The molecule has 0 aromatic heterocycles. The summed E-state index contributed by atoms with van der Waals surface area (Å²) < 4.78 is 0. The number of aryl methyl sites for hydroxylation is 1. The van der Waals surface area contributed by atoms with Gasteiger partial charge in [-0.1, -0.05) is 82.2 Å². The summed E-state index contributed by atoms with van der Waals surface area (Å²) in [6, 6.07) is 16.2. The third-order valence-electron chi connectivity index (χ3n) is 3.09. The predicted octanol–water partition coefficient (Wildman–Crippen LogP) is 5.92. The van der Waals surface area contributed by atoms with E-state index >= 15 is 0 Å². The van der Waals surface area contributed by atoms with E-state index in [0.717, 1.165) is 17.5 Å². The van der Waals surface area contributed by atoms with E-state index in [1.807, 2.05) is 70.2 Å². The van der Waals surface area contributed by atoms with E-state index in [1.54, 1.807) is 0 Å². The minimum Gasteiger partial charge on any atom is -0.413 e. The molecule has 0 amide bonds. The first-order valence-corrected chi connectivity index (χ1v) is 8.36. The fourth-order valence-electron chi connectivity index (χ4n) is 2.04. The summed E-state index contributed by atoms with van der Waals surface area (Å²) in [4.78, 5) is 0.